The van der Waals surface area contributed by atoms with Crippen LogP contribution in [0.3, 0.4) is 0 Å². The fourth-order valence-electron chi connectivity index (χ4n) is 2.79. The average Bonchev–Trinajstić information content (AvgIpc) is 3.00. The smallest absolute Gasteiger partial charge is 0.417 e. The summed E-state index contributed by atoms with van der Waals surface area (Å²) in [5.41, 5.74) is 1.94. The largest absolute Gasteiger partial charge is 0.447 e. The Bertz CT molecular complexity index is 820. The third kappa shape index (κ3) is 4.24. The second-order valence-corrected chi connectivity index (χ2v) is 6.95. The molecule has 1 amide bonds. The molecule has 6 heteroatoms. The number of halogens is 1. The summed E-state index contributed by atoms with van der Waals surface area (Å²) in [6, 6.07) is 19.1. The van der Waals surface area contributed by atoms with Crippen molar-refractivity contribution in [3.63, 3.8) is 0 Å². The Morgan fingerprint density at radius 1 is 1.15 bits per heavy atom. The molecule has 2 aromatic carbocycles. The molecule has 0 saturated carbocycles. The molecule has 1 atom stereocenters. The lowest BCUT2D eigenvalue weighted by molar-refractivity contribution is -0.138. The van der Waals surface area contributed by atoms with Crippen LogP contribution in [-0.4, -0.2) is 29.6 Å². The Balaban J connectivity index is 1.98. The molecule has 134 valence electrons. The summed E-state index contributed by atoms with van der Waals surface area (Å²) < 4.78 is 11.4. The van der Waals surface area contributed by atoms with Crippen LogP contribution in [0.2, 0.25) is 0 Å². The fraction of sp³-hybridized carbons (Fsp3) is 0.200. The lowest BCUT2D eigenvalue weighted by atomic mass is 10.1. The van der Waals surface area contributed by atoms with Gasteiger partial charge in [-0.3, -0.25) is 4.79 Å². The third-order valence-electron chi connectivity index (χ3n) is 3.95. The topological polar surface area (TPSA) is 55.8 Å². The number of nitrogens with zero attached hydrogens (tertiary/aromatic N) is 1. The highest BCUT2D eigenvalue weighted by molar-refractivity contribution is 14.1. The minimum absolute atomic E-state index is 0.215. The maximum atomic E-state index is 12.4. The maximum absolute atomic E-state index is 12.4. The van der Waals surface area contributed by atoms with E-state index in [1.165, 1.54) is 11.8 Å². The van der Waals surface area contributed by atoms with Crippen LogP contribution in [0.5, 0.6) is 0 Å². The third-order valence-corrected chi connectivity index (χ3v) is 5.03. The molecule has 0 aliphatic carbocycles. The number of carbonyl (C=O) groups excluding carboxylic acids is 2. The van der Waals surface area contributed by atoms with Gasteiger partial charge >= 0.3 is 12.1 Å². The van der Waals surface area contributed by atoms with Crippen LogP contribution >= 0.6 is 22.6 Å². The number of rotatable bonds is 5. The first kappa shape index (κ1) is 18.4. The van der Waals surface area contributed by atoms with E-state index in [1.54, 1.807) is 0 Å². The summed E-state index contributed by atoms with van der Waals surface area (Å²) in [5, 5.41) is 0. The molecule has 0 N–H and O–H groups in total. The Kier molecular flexibility index (Phi) is 5.92. The molecule has 0 aromatic heterocycles. The van der Waals surface area contributed by atoms with Crippen LogP contribution in [0.25, 0.3) is 3.58 Å². The zero-order valence-electron chi connectivity index (χ0n) is 14.2. The first-order valence-corrected chi connectivity index (χ1v) is 9.27. The molecular weight excluding hydrogens is 445 g/mol. The number of ether oxygens (including phenoxy) is 2. The van der Waals surface area contributed by atoms with Crippen molar-refractivity contribution in [1.29, 1.82) is 0 Å². The molecule has 1 fully saturated rings. The van der Waals surface area contributed by atoms with E-state index in [1.807, 2.05) is 60.7 Å². The molecule has 1 aliphatic rings. The molecule has 5 nitrogen and oxygen atoms in total. The van der Waals surface area contributed by atoms with Crippen molar-refractivity contribution < 1.29 is 19.1 Å². The lowest BCUT2D eigenvalue weighted by Crippen LogP contribution is -2.36. The van der Waals surface area contributed by atoms with Crippen molar-refractivity contribution in [3.8, 4) is 0 Å². The molecule has 1 heterocycles. The molecule has 26 heavy (non-hydrogen) atoms. The van der Waals surface area contributed by atoms with Gasteiger partial charge in [0.2, 0.25) is 5.88 Å². The van der Waals surface area contributed by atoms with Gasteiger partial charge in [-0.05, 0) is 40.1 Å². The molecular formula is C20H18INO4. The highest BCUT2D eigenvalue weighted by atomic mass is 127. The van der Waals surface area contributed by atoms with Gasteiger partial charge in [0.05, 0.1) is 9.62 Å². The van der Waals surface area contributed by atoms with Crippen LogP contribution < -0.4 is 0 Å². The van der Waals surface area contributed by atoms with Crippen molar-refractivity contribution in [3.05, 3.63) is 77.7 Å². The minimum atomic E-state index is -0.507. The number of hydrogen-bond acceptors (Lipinski definition) is 4. The van der Waals surface area contributed by atoms with Crippen molar-refractivity contribution in [2.24, 2.45) is 0 Å². The molecule has 2 aromatic rings. The van der Waals surface area contributed by atoms with Gasteiger partial charge in [0.1, 0.15) is 6.61 Å². The van der Waals surface area contributed by atoms with Gasteiger partial charge in [-0.1, -0.05) is 60.7 Å². The van der Waals surface area contributed by atoms with E-state index in [0.29, 0.717) is 10.0 Å². The van der Waals surface area contributed by atoms with Crippen LogP contribution in [0.1, 0.15) is 18.1 Å². The fourth-order valence-corrected chi connectivity index (χ4v) is 3.52. The molecule has 0 radical (unpaired) electrons. The number of benzene rings is 2. The highest BCUT2D eigenvalue weighted by Gasteiger charge is 2.38. The summed E-state index contributed by atoms with van der Waals surface area (Å²) >= 11 is 2.10. The van der Waals surface area contributed by atoms with Crippen molar-refractivity contribution in [2.45, 2.75) is 19.4 Å². The number of hydrogen-bond donors (Lipinski definition) is 0. The van der Waals surface area contributed by atoms with Crippen molar-refractivity contribution in [1.82, 2.24) is 4.90 Å². The SMILES string of the molecule is CC(=O)O/C(=C(/I)c1ccccc1)N1C(=O)OC[C@@H]1Cc1ccccc1. The lowest BCUT2D eigenvalue weighted by Gasteiger charge is -2.24. The maximum Gasteiger partial charge on any atom is 0.417 e. The van der Waals surface area contributed by atoms with E-state index in [4.69, 9.17) is 9.47 Å². The Labute approximate surface area is 165 Å². The van der Waals surface area contributed by atoms with Crippen LogP contribution in [0.4, 0.5) is 4.79 Å². The van der Waals surface area contributed by atoms with Crippen molar-refractivity contribution >= 4 is 38.2 Å². The van der Waals surface area contributed by atoms with Gasteiger partial charge in [-0.25, -0.2) is 9.69 Å². The number of amides is 1. The van der Waals surface area contributed by atoms with Gasteiger partial charge < -0.3 is 9.47 Å². The second-order valence-electron chi connectivity index (χ2n) is 5.87. The van der Waals surface area contributed by atoms with Crippen LogP contribution in [0.15, 0.2) is 66.5 Å². The summed E-state index contributed by atoms with van der Waals surface area (Å²) in [6.07, 6.45) is 0.100. The zero-order chi connectivity index (χ0) is 18.5. The van der Waals surface area contributed by atoms with E-state index in [-0.39, 0.29) is 18.5 Å². The predicted molar refractivity (Wildman–Crippen MR) is 106 cm³/mol. The van der Waals surface area contributed by atoms with E-state index in [0.717, 1.165) is 11.1 Å². The van der Waals surface area contributed by atoms with Gasteiger partial charge in [0, 0.05) is 6.92 Å². The number of esters is 1. The average molecular weight is 463 g/mol. The normalized spacial score (nSPS) is 17.5. The monoisotopic (exact) mass is 463 g/mol. The molecule has 1 aliphatic heterocycles. The summed E-state index contributed by atoms with van der Waals surface area (Å²) in [5.74, 6) is -0.268. The van der Waals surface area contributed by atoms with E-state index in [9.17, 15) is 9.59 Å². The molecule has 3 rings (SSSR count). The van der Waals surface area contributed by atoms with Crippen LogP contribution in [-0.2, 0) is 20.7 Å². The Morgan fingerprint density at radius 3 is 2.38 bits per heavy atom. The van der Waals surface area contributed by atoms with Gasteiger partial charge in [0.25, 0.3) is 0 Å². The van der Waals surface area contributed by atoms with Crippen LogP contribution in [0, 0.1) is 0 Å². The zero-order valence-corrected chi connectivity index (χ0v) is 16.4. The molecule has 0 spiro atoms. The summed E-state index contributed by atoms with van der Waals surface area (Å²) in [7, 11) is 0. The standard InChI is InChI=1S/C20H18INO4/c1-14(23)26-19(18(21)16-10-6-3-7-11-16)22-17(13-25-20(22)24)12-15-8-4-2-5-9-15/h2-11,17H,12-13H2,1H3/b19-18+/t17-/m0/s1. The summed E-state index contributed by atoms with van der Waals surface area (Å²) in [6.45, 7) is 1.57. The van der Waals surface area contributed by atoms with Crippen molar-refractivity contribution in [2.75, 3.05) is 6.61 Å². The summed E-state index contributed by atoms with van der Waals surface area (Å²) in [4.78, 5) is 25.5. The quantitative estimate of drug-likeness (QED) is 0.376. The highest BCUT2D eigenvalue weighted by Crippen LogP contribution is 2.33. The van der Waals surface area contributed by atoms with E-state index in [2.05, 4.69) is 22.6 Å². The molecule has 0 bridgehead atoms. The first-order valence-electron chi connectivity index (χ1n) is 8.20. The van der Waals surface area contributed by atoms with E-state index < -0.39 is 12.1 Å². The molecule has 1 saturated heterocycles. The Morgan fingerprint density at radius 2 is 1.77 bits per heavy atom. The van der Waals surface area contributed by atoms with Gasteiger partial charge in [-0.15, -0.1) is 0 Å². The number of carbonyl (C=O) groups is 2. The van der Waals surface area contributed by atoms with Gasteiger partial charge in [-0.2, -0.15) is 0 Å². The number of cyclic esters (lactones) is 1. The first-order chi connectivity index (χ1) is 12.6. The predicted octanol–water partition coefficient (Wildman–Crippen LogP) is 4.37. The second kappa shape index (κ2) is 8.35. The van der Waals surface area contributed by atoms with Gasteiger partial charge in [0.15, 0.2) is 0 Å². The molecule has 0 unspecified atom stereocenters. The van der Waals surface area contributed by atoms with E-state index >= 15 is 0 Å². The minimum Gasteiger partial charge on any atom is -0.447 e. The Hall–Kier alpha value is -2.35.